The molecular formula is C12H9F2NO2. The normalized spacial score (nSPS) is 22.0. The van der Waals surface area contributed by atoms with Gasteiger partial charge in [-0.25, -0.2) is 0 Å². The second kappa shape index (κ2) is 2.89. The minimum atomic E-state index is -3.60. The van der Waals surface area contributed by atoms with E-state index in [-0.39, 0.29) is 11.5 Å². The molecule has 1 aromatic rings. The van der Waals surface area contributed by atoms with Gasteiger partial charge < -0.3 is 9.47 Å². The van der Waals surface area contributed by atoms with Crippen LogP contribution in [-0.4, -0.2) is 6.29 Å². The van der Waals surface area contributed by atoms with Gasteiger partial charge in [0.25, 0.3) is 0 Å². The zero-order chi connectivity index (χ0) is 12.3. The van der Waals surface area contributed by atoms with Crippen LogP contribution in [0.1, 0.15) is 24.0 Å². The maximum absolute atomic E-state index is 12.9. The number of hydrogen-bond donors (Lipinski definition) is 0. The van der Waals surface area contributed by atoms with Crippen LogP contribution < -0.4 is 9.47 Å². The van der Waals surface area contributed by atoms with Gasteiger partial charge >= 0.3 is 6.29 Å². The highest BCUT2D eigenvalue weighted by molar-refractivity contribution is 5.55. The van der Waals surface area contributed by atoms with Gasteiger partial charge in [0.15, 0.2) is 11.5 Å². The van der Waals surface area contributed by atoms with Crippen molar-refractivity contribution in [1.29, 1.82) is 5.26 Å². The fourth-order valence-corrected chi connectivity index (χ4v) is 2.08. The summed E-state index contributed by atoms with van der Waals surface area (Å²) in [6.07, 6.45) is -2.08. The molecule has 88 valence electrons. The average Bonchev–Trinajstić information content (AvgIpc) is 2.97. The molecule has 1 saturated carbocycles. The lowest BCUT2D eigenvalue weighted by Crippen LogP contribution is -2.26. The number of alkyl halides is 2. The van der Waals surface area contributed by atoms with E-state index in [1.807, 2.05) is 0 Å². The Morgan fingerprint density at radius 3 is 2.59 bits per heavy atom. The summed E-state index contributed by atoms with van der Waals surface area (Å²) in [6, 6.07) is 5.43. The molecule has 1 aromatic carbocycles. The lowest BCUT2D eigenvalue weighted by atomic mass is 9.95. The summed E-state index contributed by atoms with van der Waals surface area (Å²) in [5, 5.41) is 9.08. The van der Waals surface area contributed by atoms with Gasteiger partial charge in [0.2, 0.25) is 0 Å². The Bertz CT molecular complexity index is 544. The molecule has 1 aliphatic heterocycles. The summed E-state index contributed by atoms with van der Waals surface area (Å²) >= 11 is 0. The predicted octanol–water partition coefficient (Wildman–Crippen LogP) is 2.87. The minimum Gasteiger partial charge on any atom is -0.395 e. The molecule has 3 rings (SSSR count). The second-order valence-corrected chi connectivity index (χ2v) is 4.48. The first-order valence-corrected chi connectivity index (χ1v) is 5.28. The van der Waals surface area contributed by atoms with Crippen LogP contribution in [0.25, 0.3) is 0 Å². The Morgan fingerprint density at radius 2 is 2.00 bits per heavy atom. The van der Waals surface area contributed by atoms with Gasteiger partial charge in [-0.2, -0.15) is 5.26 Å². The Hall–Kier alpha value is -1.83. The standard InChI is InChI=1S/C12H9F2NO2/c1-7-4-8(11(6-15)2-3-11)5-9-10(7)17-12(13,14)16-9/h4-5H,2-3H2,1H3. The zero-order valence-corrected chi connectivity index (χ0v) is 9.09. The first kappa shape index (κ1) is 10.3. The number of hydrogen-bond acceptors (Lipinski definition) is 3. The summed E-state index contributed by atoms with van der Waals surface area (Å²) in [6.45, 7) is 1.67. The van der Waals surface area contributed by atoms with Crippen molar-refractivity contribution in [3.05, 3.63) is 23.3 Å². The van der Waals surface area contributed by atoms with Gasteiger partial charge in [-0.05, 0) is 37.0 Å². The SMILES string of the molecule is Cc1cc(C2(C#N)CC2)cc2c1OC(F)(F)O2. The van der Waals surface area contributed by atoms with Crippen LogP contribution in [0.5, 0.6) is 11.5 Å². The quantitative estimate of drug-likeness (QED) is 0.754. The van der Waals surface area contributed by atoms with Crippen molar-refractivity contribution in [2.45, 2.75) is 31.5 Å². The Labute approximate surface area is 96.6 Å². The van der Waals surface area contributed by atoms with Gasteiger partial charge in [0.1, 0.15) is 0 Å². The van der Waals surface area contributed by atoms with E-state index in [0.717, 1.165) is 18.4 Å². The summed E-state index contributed by atoms with van der Waals surface area (Å²) < 4.78 is 34.7. The van der Waals surface area contributed by atoms with Crippen molar-refractivity contribution >= 4 is 0 Å². The van der Waals surface area contributed by atoms with Crippen molar-refractivity contribution in [1.82, 2.24) is 0 Å². The van der Waals surface area contributed by atoms with E-state index in [9.17, 15) is 8.78 Å². The van der Waals surface area contributed by atoms with Crippen LogP contribution in [-0.2, 0) is 5.41 Å². The maximum Gasteiger partial charge on any atom is 0.586 e. The second-order valence-electron chi connectivity index (χ2n) is 4.48. The van der Waals surface area contributed by atoms with Gasteiger partial charge in [-0.15, -0.1) is 8.78 Å². The van der Waals surface area contributed by atoms with E-state index in [2.05, 4.69) is 15.5 Å². The molecule has 0 bridgehead atoms. The largest absolute Gasteiger partial charge is 0.586 e. The molecule has 17 heavy (non-hydrogen) atoms. The van der Waals surface area contributed by atoms with Crippen LogP contribution >= 0.6 is 0 Å². The highest BCUT2D eigenvalue weighted by Crippen LogP contribution is 2.52. The summed E-state index contributed by atoms with van der Waals surface area (Å²) in [5.41, 5.74) is 0.787. The van der Waals surface area contributed by atoms with E-state index in [0.29, 0.717) is 5.56 Å². The summed E-state index contributed by atoms with van der Waals surface area (Å²) in [4.78, 5) is 0. The Kier molecular flexibility index (Phi) is 1.76. The molecule has 1 heterocycles. The third kappa shape index (κ3) is 1.44. The zero-order valence-electron chi connectivity index (χ0n) is 9.09. The molecule has 1 aliphatic carbocycles. The first-order valence-electron chi connectivity index (χ1n) is 5.28. The van der Waals surface area contributed by atoms with E-state index in [4.69, 9.17) is 5.26 Å². The molecule has 0 aromatic heterocycles. The summed E-state index contributed by atoms with van der Waals surface area (Å²) in [7, 11) is 0. The van der Waals surface area contributed by atoms with Crippen molar-refractivity contribution in [3.8, 4) is 17.6 Å². The van der Waals surface area contributed by atoms with Crippen molar-refractivity contribution in [3.63, 3.8) is 0 Å². The van der Waals surface area contributed by atoms with Gasteiger partial charge in [0.05, 0.1) is 11.5 Å². The molecule has 0 amide bonds. The Balaban J connectivity index is 2.08. The molecule has 0 saturated heterocycles. The minimum absolute atomic E-state index is 0.0199. The van der Waals surface area contributed by atoms with Crippen molar-refractivity contribution < 1.29 is 18.3 Å². The van der Waals surface area contributed by atoms with Gasteiger partial charge in [0, 0.05) is 0 Å². The van der Waals surface area contributed by atoms with Gasteiger partial charge in [-0.1, -0.05) is 6.07 Å². The van der Waals surface area contributed by atoms with Crippen molar-refractivity contribution in [2.24, 2.45) is 0 Å². The molecule has 0 unspecified atom stereocenters. The number of nitriles is 1. The highest BCUT2D eigenvalue weighted by Gasteiger charge is 2.48. The molecular weight excluding hydrogens is 228 g/mol. The maximum atomic E-state index is 12.9. The lowest BCUT2D eigenvalue weighted by Gasteiger charge is -2.08. The predicted molar refractivity (Wildman–Crippen MR) is 53.9 cm³/mol. The number of fused-ring (bicyclic) bond motifs is 1. The third-order valence-corrected chi connectivity index (χ3v) is 3.21. The van der Waals surface area contributed by atoms with Crippen LogP contribution in [0.2, 0.25) is 0 Å². The van der Waals surface area contributed by atoms with E-state index < -0.39 is 11.7 Å². The Morgan fingerprint density at radius 1 is 1.29 bits per heavy atom. The molecule has 0 N–H and O–H groups in total. The number of rotatable bonds is 1. The number of aryl methyl sites for hydroxylation is 1. The molecule has 5 heteroatoms. The van der Waals surface area contributed by atoms with Crippen LogP contribution in [0.3, 0.4) is 0 Å². The smallest absolute Gasteiger partial charge is 0.395 e. The first-order chi connectivity index (χ1) is 7.96. The lowest BCUT2D eigenvalue weighted by molar-refractivity contribution is -0.286. The van der Waals surface area contributed by atoms with E-state index in [1.165, 1.54) is 6.07 Å². The number of benzene rings is 1. The summed E-state index contributed by atoms with van der Waals surface area (Å²) in [5.74, 6) is 0.0824. The molecule has 0 radical (unpaired) electrons. The topological polar surface area (TPSA) is 42.2 Å². The van der Waals surface area contributed by atoms with E-state index in [1.54, 1.807) is 13.0 Å². The fourth-order valence-electron chi connectivity index (χ4n) is 2.08. The number of halogens is 2. The van der Waals surface area contributed by atoms with Gasteiger partial charge in [-0.3, -0.25) is 0 Å². The molecule has 0 spiro atoms. The molecule has 2 aliphatic rings. The number of nitrogens with zero attached hydrogens (tertiary/aromatic N) is 1. The van der Waals surface area contributed by atoms with Crippen LogP contribution in [0.4, 0.5) is 8.78 Å². The molecule has 0 atom stereocenters. The van der Waals surface area contributed by atoms with Crippen molar-refractivity contribution in [2.75, 3.05) is 0 Å². The molecule has 3 nitrogen and oxygen atoms in total. The molecule has 1 fully saturated rings. The average molecular weight is 237 g/mol. The monoisotopic (exact) mass is 237 g/mol. The van der Waals surface area contributed by atoms with Crippen LogP contribution in [0.15, 0.2) is 12.1 Å². The van der Waals surface area contributed by atoms with Crippen LogP contribution in [0, 0.1) is 18.3 Å². The third-order valence-electron chi connectivity index (χ3n) is 3.21. The van der Waals surface area contributed by atoms with E-state index >= 15 is 0 Å². The fraction of sp³-hybridized carbons (Fsp3) is 0.417. The number of ether oxygens (including phenoxy) is 2. The highest BCUT2D eigenvalue weighted by atomic mass is 19.3.